The van der Waals surface area contributed by atoms with Crippen LogP contribution in [0.4, 0.5) is 13.2 Å². The van der Waals surface area contributed by atoms with Crippen molar-refractivity contribution >= 4 is 11.6 Å². The van der Waals surface area contributed by atoms with Crippen molar-refractivity contribution in [3.8, 4) is 0 Å². The van der Waals surface area contributed by atoms with E-state index in [4.69, 9.17) is 4.74 Å². The van der Waals surface area contributed by atoms with Gasteiger partial charge >= 0.3 is 12.1 Å². The van der Waals surface area contributed by atoms with E-state index in [-0.39, 0.29) is 23.9 Å². The number of rotatable bonds is 3. The van der Waals surface area contributed by atoms with Gasteiger partial charge in [-0.2, -0.15) is 18.3 Å². The number of carbonyl (C=O) groups is 1. The Morgan fingerprint density at radius 2 is 1.79 bits per heavy atom. The topological polar surface area (TPSA) is 56.5 Å². The molecule has 0 radical (unpaired) electrons. The molecule has 2 aromatic rings. The Hall–Kier alpha value is -2.12. The molecule has 8 heteroatoms. The average Bonchev–Trinajstić information content (AvgIpc) is 3.03. The maximum absolute atomic E-state index is 13.8. The Morgan fingerprint density at radius 3 is 2.36 bits per heavy atom. The molecule has 0 N–H and O–H groups in total. The van der Waals surface area contributed by atoms with Crippen LogP contribution in [0.15, 0.2) is 12.1 Å². The van der Waals surface area contributed by atoms with E-state index in [1.807, 2.05) is 0 Å². The van der Waals surface area contributed by atoms with Crippen LogP contribution in [0.2, 0.25) is 0 Å². The molecule has 4 aliphatic rings. The van der Waals surface area contributed by atoms with Gasteiger partial charge in [0.05, 0.1) is 6.61 Å². The SMILES string of the molecule is CCOC(=O)c1cc2nc(C3C4CC5CC(C4)CC3C5)cc(C(F)(F)F)n2n1. The van der Waals surface area contributed by atoms with Crippen molar-refractivity contribution in [3.63, 3.8) is 0 Å². The zero-order valence-corrected chi connectivity index (χ0v) is 15.6. The highest BCUT2D eigenvalue weighted by molar-refractivity contribution is 5.88. The van der Waals surface area contributed by atoms with Crippen molar-refractivity contribution in [2.75, 3.05) is 6.61 Å². The maximum atomic E-state index is 13.8. The molecule has 0 aromatic carbocycles. The first-order valence-electron chi connectivity index (χ1n) is 9.98. The van der Waals surface area contributed by atoms with E-state index in [0.717, 1.165) is 48.1 Å². The summed E-state index contributed by atoms with van der Waals surface area (Å²) in [6.07, 6.45) is 1.09. The predicted molar refractivity (Wildman–Crippen MR) is 93.7 cm³/mol. The summed E-state index contributed by atoms with van der Waals surface area (Å²) in [4.78, 5) is 16.5. The smallest absolute Gasteiger partial charge is 0.433 e. The molecule has 2 aromatic heterocycles. The summed E-state index contributed by atoms with van der Waals surface area (Å²) < 4.78 is 46.9. The lowest BCUT2D eigenvalue weighted by atomic mass is 9.51. The van der Waals surface area contributed by atoms with Gasteiger partial charge < -0.3 is 4.74 Å². The van der Waals surface area contributed by atoms with Crippen molar-refractivity contribution < 1.29 is 22.7 Å². The number of esters is 1. The van der Waals surface area contributed by atoms with Gasteiger partial charge in [-0.25, -0.2) is 14.3 Å². The molecule has 2 heterocycles. The van der Waals surface area contributed by atoms with Gasteiger partial charge in [0, 0.05) is 17.7 Å². The third-order valence-corrected chi connectivity index (χ3v) is 6.79. The molecular weight excluding hydrogens is 371 g/mol. The molecule has 4 saturated carbocycles. The number of hydrogen-bond acceptors (Lipinski definition) is 4. The minimum atomic E-state index is -4.58. The lowest BCUT2D eigenvalue weighted by Gasteiger charge is -2.54. The molecule has 4 bridgehead atoms. The molecule has 5 nitrogen and oxygen atoms in total. The fourth-order valence-electron chi connectivity index (χ4n) is 6.08. The van der Waals surface area contributed by atoms with Crippen LogP contribution in [0, 0.1) is 23.7 Å². The van der Waals surface area contributed by atoms with Crippen LogP contribution < -0.4 is 0 Å². The van der Waals surface area contributed by atoms with Crippen LogP contribution in [-0.2, 0) is 10.9 Å². The van der Waals surface area contributed by atoms with Crippen molar-refractivity contribution in [1.82, 2.24) is 14.6 Å². The maximum Gasteiger partial charge on any atom is 0.433 e. The number of alkyl halides is 3. The van der Waals surface area contributed by atoms with E-state index in [9.17, 15) is 18.0 Å². The van der Waals surface area contributed by atoms with E-state index < -0.39 is 17.8 Å². The first-order chi connectivity index (χ1) is 13.3. The van der Waals surface area contributed by atoms with Gasteiger partial charge in [0.25, 0.3) is 0 Å². The molecule has 0 aliphatic heterocycles. The quantitative estimate of drug-likeness (QED) is 0.723. The number of fused-ring (bicyclic) bond motifs is 1. The van der Waals surface area contributed by atoms with Gasteiger partial charge in [-0.1, -0.05) is 0 Å². The number of hydrogen-bond donors (Lipinski definition) is 0. The van der Waals surface area contributed by atoms with Crippen LogP contribution in [0.1, 0.15) is 66.8 Å². The van der Waals surface area contributed by atoms with Crippen LogP contribution >= 0.6 is 0 Å². The lowest BCUT2D eigenvalue weighted by Crippen LogP contribution is -2.44. The van der Waals surface area contributed by atoms with E-state index >= 15 is 0 Å². The van der Waals surface area contributed by atoms with Crippen LogP contribution in [0.3, 0.4) is 0 Å². The molecule has 6 rings (SSSR count). The van der Waals surface area contributed by atoms with Gasteiger partial charge in [-0.3, -0.25) is 0 Å². The molecule has 4 fully saturated rings. The molecule has 150 valence electrons. The summed E-state index contributed by atoms with van der Waals surface area (Å²) in [5, 5.41) is 3.83. The molecule has 0 atom stereocenters. The minimum Gasteiger partial charge on any atom is -0.461 e. The highest BCUT2D eigenvalue weighted by Gasteiger charge is 2.49. The molecule has 28 heavy (non-hydrogen) atoms. The zero-order valence-electron chi connectivity index (χ0n) is 15.6. The second-order valence-corrected chi connectivity index (χ2v) is 8.54. The van der Waals surface area contributed by atoms with Crippen molar-refractivity contribution in [2.45, 2.75) is 51.1 Å². The standard InChI is InChI=1S/C20H22F3N3O2/c1-2-28-19(27)15-9-17-24-14(8-16(20(21,22)23)26(17)25-15)18-12-4-10-3-11(6-12)7-13(18)5-10/h8-13,18H,2-7H2,1H3. The van der Waals surface area contributed by atoms with Gasteiger partial charge in [-0.05, 0) is 68.8 Å². The average molecular weight is 393 g/mol. The van der Waals surface area contributed by atoms with Crippen molar-refractivity contribution in [2.24, 2.45) is 23.7 Å². The summed E-state index contributed by atoms with van der Waals surface area (Å²) in [6, 6.07) is 2.45. The first-order valence-corrected chi connectivity index (χ1v) is 9.98. The van der Waals surface area contributed by atoms with Crippen molar-refractivity contribution in [1.29, 1.82) is 0 Å². The number of halogens is 3. The molecule has 4 aliphatic carbocycles. The highest BCUT2D eigenvalue weighted by Crippen LogP contribution is 2.59. The number of carbonyl (C=O) groups excluding carboxylic acids is 1. The van der Waals surface area contributed by atoms with E-state index in [1.165, 1.54) is 12.5 Å². The van der Waals surface area contributed by atoms with Crippen molar-refractivity contribution in [3.05, 3.63) is 29.2 Å². The lowest BCUT2D eigenvalue weighted by molar-refractivity contribution is -0.142. The summed E-state index contributed by atoms with van der Waals surface area (Å²) in [6.45, 7) is 1.77. The second kappa shape index (κ2) is 6.19. The van der Waals surface area contributed by atoms with E-state index in [0.29, 0.717) is 17.5 Å². The second-order valence-electron chi connectivity index (χ2n) is 8.54. The van der Waals surface area contributed by atoms with Gasteiger partial charge in [-0.15, -0.1) is 0 Å². The van der Waals surface area contributed by atoms with Gasteiger partial charge in [0.1, 0.15) is 5.69 Å². The van der Waals surface area contributed by atoms with Crippen LogP contribution in [0.5, 0.6) is 0 Å². The minimum absolute atomic E-state index is 0.0571. The summed E-state index contributed by atoms with van der Waals surface area (Å²) in [5.41, 5.74) is -0.468. The summed E-state index contributed by atoms with van der Waals surface area (Å²) in [5.74, 6) is 1.63. The number of nitrogens with zero attached hydrogens (tertiary/aromatic N) is 3. The zero-order chi connectivity index (χ0) is 19.6. The largest absolute Gasteiger partial charge is 0.461 e. The Kier molecular flexibility index (Phi) is 3.97. The van der Waals surface area contributed by atoms with Crippen LogP contribution in [-0.4, -0.2) is 27.2 Å². The molecule has 0 saturated heterocycles. The molecule has 0 spiro atoms. The monoisotopic (exact) mass is 393 g/mol. The van der Waals surface area contributed by atoms with Crippen LogP contribution in [0.25, 0.3) is 5.65 Å². The van der Waals surface area contributed by atoms with E-state index in [1.54, 1.807) is 6.92 Å². The fraction of sp³-hybridized carbons (Fsp3) is 0.650. The third kappa shape index (κ3) is 2.79. The first kappa shape index (κ1) is 17.9. The Morgan fingerprint density at radius 1 is 1.14 bits per heavy atom. The third-order valence-electron chi connectivity index (χ3n) is 6.79. The number of ether oxygens (including phenoxy) is 1. The molecule has 0 amide bonds. The summed E-state index contributed by atoms with van der Waals surface area (Å²) in [7, 11) is 0. The predicted octanol–water partition coefficient (Wildman–Crippen LogP) is 4.46. The Labute approximate surface area is 160 Å². The number of aromatic nitrogens is 3. The van der Waals surface area contributed by atoms with E-state index in [2.05, 4.69) is 10.1 Å². The normalized spacial score (nSPS) is 31.5. The Balaban J connectivity index is 1.61. The fourth-order valence-corrected chi connectivity index (χ4v) is 6.08. The molecule has 0 unspecified atom stereocenters. The van der Waals surface area contributed by atoms with Gasteiger partial charge in [0.15, 0.2) is 11.3 Å². The highest BCUT2D eigenvalue weighted by atomic mass is 19.4. The Bertz CT molecular complexity index is 909. The molecular formula is C20H22F3N3O2. The van der Waals surface area contributed by atoms with Gasteiger partial charge in [0.2, 0.25) is 0 Å². The summed E-state index contributed by atoms with van der Waals surface area (Å²) >= 11 is 0.